The summed E-state index contributed by atoms with van der Waals surface area (Å²) < 4.78 is 44.1. The standard InChI is InChI=1S/C14H18F3NO3/c1-4-5-11-10(8-12(19)21-3)6-7-18(11)9-13(2,20)14(15,16)17/h4-7,20H,8-9H2,1-3H3/b5-4-. The predicted molar refractivity (Wildman–Crippen MR) is 71.5 cm³/mol. The molecular formula is C14H18F3NO3. The Kier molecular flexibility index (Phi) is 5.22. The highest BCUT2D eigenvalue weighted by Crippen LogP contribution is 2.32. The molecule has 1 heterocycles. The molecule has 1 rings (SSSR count). The Balaban J connectivity index is 3.11. The van der Waals surface area contributed by atoms with Crippen molar-refractivity contribution in [2.24, 2.45) is 0 Å². The molecule has 0 spiro atoms. The van der Waals surface area contributed by atoms with E-state index in [-0.39, 0.29) is 6.42 Å². The summed E-state index contributed by atoms with van der Waals surface area (Å²) in [6.45, 7) is 1.77. The summed E-state index contributed by atoms with van der Waals surface area (Å²) in [5, 5.41) is 9.57. The normalized spacial score (nSPS) is 15.2. The van der Waals surface area contributed by atoms with Gasteiger partial charge < -0.3 is 14.4 Å². The van der Waals surface area contributed by atoms with E-state index < -0.39 is 24.3 Å². The fourth-order valence-corrected chi connectivity index (χ4v) is 1.83. The first kappa shape index (κ1) is 17.3. The summed E-state index contributed by atoms with van der Waals surface area (Å²) in [5.41, 5.74) is -1.88. The van der Waals surface area contributed by atoms with Crippen molar-refractivity contribution >= 4 is 12.0 Å². The lowest BCUT2D eigenvalue weighted by Crippen LogP contribution is -2.45. The second-order valence-corrected chi connectivity index (χ2v) is 4.88. The largest absolute Gasteiger partial charge is 0.469 e. The van der Waals surface area contributed by atoms with Crippen LogP contribution < -0.4 is 0 Å². The van der Waals surface area contributed by atoms with Crippen LogP contribution in [0, 0.1) is 0 Å². The van der Waals surface area contributed by atoms with Crippen molar-refractivity contribution in [2.45, 2.75) is 38.6 Å². The van der Waals surface area contributed by atoms with Gasteiger partial charge in [-0.05, 0) is 31.6 Å². The maximum Gasteiger partial charge on any atom is 0.418 e. The number of aliphatic hydroxyl groups is 1. The number of ether oxygens (including phenoxy) is 1. The van der Waals surface area contributed by atoms with Crippen LogP contribution in [-0.2, 0) is 22.5 Å². The van der Waals surface area contributed by atoms with Gasteiger partial charge in [0.1, 0.15) is 0 Å². The highest BCUT2D eigenvalue weighted by Gasteiger charge is 2.50. The van der Waals surface area contributed by atoms with E-state index in [0.717, 1.165) is 0 Å². The molecule has 1 N–H and O–H groups in total. The molecule has 0 bridgehead atoms. The monoisotopic (exact) mass is 305 g/mol. The second-order valence-electron chi connectivity index (χ2n) is 4.88. The molecule has 1 aromatic rings. The molecule has 0 aliphatic rings. The van der Waals surface area contributed by atoms with E-state index in [0.29, 0.717) is 18.2 Å². The Morgan fingerprint density at radius 3 is 2.57 bits per heavy atom. The number of hydrogen-bond donors (Lipinski definition) is 1. The van der Waals surface area contributed by atoms with Crippen LogP contribution in [0.1, 0.15) is 25.1 Å². The Morgan fingerprint density at radius 2 is 2.10 bits per heavy atom. The lowest BCUT2D eigenvalue weighted by molar-refractivity contribution is -0.257. The summed E-state index contributed by atoms with van der Waals surface area (Å²) in [4.78, 5) is 11.3. The molecule has 0 fully saturated rings. The first-order valence-electron chi connectivity index (χ1n) is 6.29. The van der Waals surface area contributed by atoms with Crippen molar-refractivity contribution in [3.05, 3.63) is 29.6 Å². The highest BCUT2D eigenvalue weighted by atomic mass is 19.4. The molecule has 1 atom stereocenters. The van der Waals surface area contributed by atoms with Gasteiger partial charge in [-0.25, -0.2) is 0 Å². The molecule has 0 radical (unpaired) electrons. The molecule has 0 saturated carbocycles. The van der Waals surface area contributed by atoms with Gasteiger partial charge >= 0.3 is 12.1 Å². The number of aromatic nitrogens is 1. The Morgan fingerprint density at radius 1 is 1.48 bits per heavy atom. The van der Waals surface area contributed by atoms with E-state index in [1.54, 1.807) is 25.1 Å². The van der Waals surface area contributed by atoms with Crippen molar-refractivity contribution in [1.29, 1.82) is 0 Å². The smallest absolute Gasteiger partial charge is 0.418 e. The van der Waals surface area contributed by atoms with Crippen LogP contribution in [0.3, 0.4) is 0 Å². The molecule has 0 aliphatic carbocycles. The molecule has 7 heteroatoms. The third-order valence-electron chi connectivity index (χ3n) is 3.07. The number of hydrogen-bond acceptors (Lipinski definition) is 3. The van der Waals surface area contributed by atoms with Gasteiger partial charge in [0.25, 0.3) is 0 Å². The van der Waals surface area contributed by atoms with Crippen LogP contribution in [0.25, 0.3) is 6.08 Å². The molecule has 4 nitrogen and oxygen atoms in total. The number of esters is 1. The molecule has 1 unspecified atom stereocenters. The van der Waals surface area contributed by atoms with Crippen molar-refractivity contribution in [2.75, 3.05) is 7.11 Å². The van der Waals surface area contributed by atoms with Gasteiger partial charge in [0.15, 0.2) is 5.60 Å². The molecular weight excluding hydrogens is 287 g/mol. The van der Waals surface area contributed by atoms with Gasteiger partial charge in [0.05, 0.1) is 20.1 Å². The number of halogens is 3. The van der Waals surface area contributed by atoms with Crippen molar-refractivity contribution in [1.82, 2.24) is 4.57 Å². The maximum atomic E-state index is 12.8. The topological polar surface area (TPSA) is 51.5 Å². The fourth-order valence-electron chi connectivity index (χ4n) is 1.83. The minimum atomic E-state index is -4.74. The summed E-state index contributed by atoms with van der Waals surface area (Å²) >= 11 is 0. The molecule has 0 aliphatic heterocycles. The minimum absolute atomic E-state index is 0.0443. The molecule has 21 heavy (non-hydrogen) atoms. The third-order valence-corrected chi connectivity index (χ3v) is 3.07. The van der Waals surface area contributed by atoms with Crippen molar-refractivity contribution < 1.29 is 27.8 Å². The highest BCUT2D eigenvalue weighted by molar-refractivity contribution is 5.74. The fraction of sp³-hybridized carbons (Fsp3) is 0.500. The number of methoxy groups -OCH3 is 1. The van der Waals surface area contributed by atoms with Crippen LogP contribution in [0.4, 0.5) is 13.2 Å². The van der Waals surface area contributed by atoms with Crippen LogP contribution in [0.5, 0.6) is 0 Å². The van der Waals surface area contributed by atoms with Crippen LogP contribution in [0.15, 0.2) is 18.3 Å². The summed E-state index contributed by atoms with van der Waals surface area (Å²) in [6.07, 6.45) is -0.141. The average Bonchev–Trinajstić information content (AvgIpc) is 2.71. The van der Waals surface area contributed by atoms with Gasteiger partial charge in [0.2, 0.25) is 0 Å². The average molecular weight is 305 g/mol. The predicted octanol–water partition coefficient (Wildman–Crippen LogP) is 2.55. The summed E-state index contributed by atoms with van der Waals surface area (Å²) in [7, 11) is 1.24. The zero-order chi connectivity index (χ0) is 16.3. The van der Waals surface area contributed by atoms with E-state index in [9.17, 15) is 23.1 Å². The molecule has 118 valence electrons. The number of allylic oxidation sites excluding steroid dienone is 1. The Labute approximate surface area is 120 Å². The number of carbonyl (C=O) groups is 1. The van der Waals surface area contributed by atoms with Gasteiger partial charge in [-0.2, -0.15) is 13.2 Å². The van der Waals surface area contributed by atoms with Crippen molar-refractivity contribution in [3.63, 3.8) is 0 Å². The zero-order valence-corrected chi connectivity index (χ0v) is 12.1. The zero-order valence-electron chi connectivity index (χ0n) is 12.1. The van der Waals surface area contributed by atoms with E-state index in [4.69, 9.17) is 0 Å². The Hall–Kier alpha value is -1.76. The molecule has 0 saturated heterocycles. The number of nitrogens with zero attached hydrogens (tertiary/aromatic N) is 1. The van der Waals surface area contributed by atoms with Crippen molar-refractivity contribution in [3.8, 4) is 0 Å². The molecule has 0 aromatic carbocycles. The minimum Gasteiger partial charge on any atom is -0.469 e. The van der Waals surface area contributed by atoms with Gasteiger partial charge in [-0.1, -0.05) is 6.08 Å². The number of carbonyl (C=O) groups excluding carboxylic acids is 1. The maximum absolute atomic E-state index is 12.8. The summed E-state index contributed by atoms with van der Waals surface area (Å²) in [6, 6.07) is 1.54. The molecule has 0 amide bonds. The SMILES string of the molecule is C/C=C\c1c(CC(=O)OC)ccn1CC(C)(O)C(F)(F)F. The second kappa shape index (κ2) is 6.34. The summed E-state index contributed by atoms with van der Waals surface area (Å²) in [5.74, 6) is -0.485. The third kappa shape index (κ3) is 4.10. The lowest BCUT2D eigenvalue weighted by atomic mass is 10.1. The quantitative estimate of drug-likeness (QED) is 0.851. The molecule has 1 aromatic heterocycles. The van der Waals surface area contributed by atoms with Gasteiger partial charge in [0, 0.05) is 11.9 Å². The van der Waals surface area contributed by atoms with E-state index in [1.165, 1.54) is 17.9 Å². The Bertz CT molecular complexity index is 530. The van der Waals surface area contributed by atoms with E-state index in [2.05, 4.69) is 4.74 Å². The lowest BCUT2D eigenvalue weighted by Gasteiger charge is -2.27. The first-order valence-corrected chi connectivity index (χ1v) is 6.29. The van der Waals surface area contributed by atoms with E-state index in [1.807, 2.05) is 0 Å². The van der Waals surface area contributed by atoms with Crippen LogP contribution in [-0.4, -0.2) is 34.5 Å². The van der Waals surface area contributed by atoms with E-state index >= 15 is 0 Å². The van der Waals surface area contributed by atoms with Crippen LogP contribution >= 0.6 is 0 Å². The van der Waals surface area contributed by atoms with Crippen LogP contribution in [0.2, 0.25) is 0 Å². The number of rotatable bonds is 5. The van der Waals surface area contributed by atoms with Gasteiger partial charge in [-0.3, -0.25) is 4.79 Å². The van der Waals surface area contributed by atoms with Gasteiger partial charge in [-0.15, -0.1) is 0 Å². The first-order chi connectivity index (χ1) is 9.62. The number of alkyl halides is 3.